The molecular formula is C16H16FIN2O. The smallest absolute Gasteiger partial charge is 0.257 e. The van der Waals surface area contributed by atoms with Crippen molar-refractivity contribution in [1.29, 1.82) is 0 Å². The first-order valence-electron chi connectivity index (χ1n) is 6.71. The predicted octanol–water partition coefficient (Wildman–Crippen LogP) is 4.50. The van der Waals surface area contributed by atoms with Crippen molar-refractivity contribution < 1.29 is 9.18 Å². The van der Waals surface area contributed by atoms with E-state index in [2.05, 4.69) is 17.6 Å². The van der Waals surface area contributed by atoms with Crippen LogP contribution in [0.1, 0.15) is 23.7 Å². The van der Waals surface area contributed by atoms with Gasteiger partial charge in [0.25, 0.3) is 5.91 Å². The van der Waals surface area contributed by atoms with E-state index in [1.165, 1.54) is 12.1 Å². The average molecular weight is 398 g/mol. The Morgan fingerprint density at radius 2 is 1.95 bits per heavy atom. The molecule has 0 radical (unpaired) electrons. The Bertz CT molecular complexity index is 646. The lowest BCUT2D eigenvalue weighted by molar-refractivity contribution is 0.102. The van der Waals surface area contributed by atoms with Gasteiger partial charge in [0, 0.05) is 15.8 Å². The third-order valence-electron chi connectivity index (χ3n) is 2.92. The van der Waals surface area contributed by atoms with Crippen molar-refractivity contribution in [3.05, 3.63) is 57.4 Å². The van der Waals surface area contributed by atoms with E-state index in [1.807, 2.05) is 40.8 Å². The number of nitrogens with one attached hydrogen (secondary N) is 2. The number of amides is 1. The lowest BCUT2D eigenvalue weighted by atomic mass is 10.1. The standard InChI is InChI=1S/C16H16FIN2O/c1-2-9-19-14-6-4-3-5-12(14)16(21)20-15-8-7-11(17)10-13(15)18/h3-8,10,19H,2,9H2,1H3,(H,20,21). The molecule has 0 aliphatic rings. The van der Waals surface area contributed by atoms with Crippen LogP contribution in [-0.4, -0.2) is 12.5 Å². The van der Waals surface area contributed by atoms with Gasteiger partial charge in [-0.1, -0.05) is 19.1 Å². The van der Waals surface area contributed by atoms with Gasteiger partial charge in [-0.3, -0.25) is 4.79 Å². The number of halogens is 2. The molecule has 0 atom stereocenters. The van der Waals surface area contributed by atoms with Gasteiger partial charge in [-0.25, -0.2) is 4.39 Å². The normalized spacial score (nSPS) is 10.2. The Labute approximate surface area is 137 Å². The molecule has 0 aromatic heterocycles. The molecule has 0 aliphatic heterocycles. The first-order chi connectivity index (χ1) is 10.1. The van der Waals surface area contributed by atoms with Gasteiger partial charge in [0.1, 0.15) is 5.82 Å². The molecule has 2 aromatic rings. The lowest BCUT2D eigenvalue weighted by Crippen LogP contribution is -2.15. The Morgan fingerprint density at radius 3 is 2.67 bits per heavy atom. The minimum Gasteiger partial charge on any atom is -0.384 e. The number of hydrogen-bond acceptors (Lipinski definition) is 2. The van der Waals surface area contributed by atoms with E-state index in [0.717, 1.165) is 18.7 Å². The molecule has 0 saturated heterocycles. The molecule has 2 N–H and O–H groups in total. The zero-order valence-electron chi connectivity index (χ0n) is 11.6. The molecular weight excluding hydrogens is 382 g/mol. The van der Waals surface area contributed by atoms with Gasteiger partial charge in [0.15, 0.2) is 0 Å². The molecule has 2 aromatic carbocycles. The Hall–Kier alpha value is -1.63. The van der Waals surface area contributed by atoms with Crippen molar-refractivity contribution in [3.63, 3.8) is 0 Å². The molecule has 0 saturated carbocycles. The van der Waals surface area contributed by atoms with Crippen LogP contribution in [0.4, 0.5) is 15.8 Å². The fourth-order valence-electron chi connectivity index (χ4n) is 1.88. The van der Waals surface area contributed by atoms with Crippen molar-refractivity contribution in [3.8, 4) is 0 Å². The number of carbonyl (C=O) groups excluding carboxylic acids is 1. The molecule has 3 nitrogen and oxygen atoms in total. The molecule has 2 rings (SSSR count). The van der Waals surface area contributed by atoms with Crippen LogP contribution in [0.2, 0.25) is 0 Å². The van der Waals surface area contributed by atoms with Gasteiger partial charge in [-0.2, -0.15) is 0 Å². The molecule has 0 heterocycles. The first kappa shape index (κ1) is 15.8. The molecule has 1 amide bonds. The fraction of sp³-hybridized carbons (Fsp3) is 0.188. The highest BCUT2D eigenvalue weighted by atomic mass is 127. The third kappa shape index (κ3) is 4.17. The molecule has 21 heavy (non-hydrogen) atoms. The van der Waals surface area contributed by atoms with Crippen LogP contribution in [0.25, 0.3) is 0 Å². The van der Waals surface area contributed by atoms with E-state index in [0.29, 0.717) is 14.8 Å². The second-order valence-electron chi connectivity index (χ2n) is 4.55. The van der Waals surface area contributed by atoms with Crippen LogP contribution >= 0.6 is 22.6 Å². The van der Waals surface area contributed by atoms with Crippen LogP contribution in [0.5, 0.6) is 0 Å². The summed E-state index contributed by atoms with van der Waals surface area (Å²) in [6, 6.07) is 11.6. The molecule has 110 valence electrons. The van der Waals surface area contributed by atoms with Gasteiger partial charge < -0.3 is 10.6 Å². The summed E-state index contributed by atoms with van der Waals surface area (Å²) < 4.78 is 13.8. The average Bonchev–Trinajstić information content (AvgIpc) is 2.48. The zero-order chi connectivity index (χ0) is 15.2. The van der Waals surface area contributed by atoms with E-state index in [9.17, 15) is 9.18 Å². The summed E-state index contributed by atoms with van der Waals surface area (Å²) in [7, 11) is 0. The summed E-state index contributed by atoms with van der Waals surface area (Å²) in [6.07, 6.45) is 0.978. The number of benzene rings is 2. The summed E-state index contributed by atoms with van der Waals surface area (Å²) in [5, 5.41) is 6.05. The summed E-state index contributed by atoms with van der Waals surface area (Å²) in [6.45, 7) is 2.87. The van der Waals surface area contributed by atoms with Gasteiger partial charge >= 0.3 is 0 Å². The Balaban J connectivity index is 2.20. The van der Waals surface area contributed by atoms with Crippen LogP contribution in [0.3, 0.4) is 0 Å². The maximum Gasteiger partial charge on any atom is 0.257 e. The van der Waals surface area contributed by atoms with Gasteiger partial charge in [-0.05, 0) is 59.3 Å². The highest BCUT2D eigenvalue weighted by molar-refractivity contribution is 14.1. The number of hydrogen-bond donors (Lipinski definition) is 2. The number of carbonyl (C=O) groups is 1. The largest absolute Gasteiger partial charge is 0.384 e. The monoisotopic (exact) mass is 398 g/mol. The number of rotatable bonds is 5. The quantitative estimate of drug-likeness (QED) is 0.729. The van der Waals surface area contributed by atoms with Crippen LogP contribution in [0.15, 0.2) is 42.5 Å². The molecule has 0 aliphatic carbocycles. The first-order valence-corrected chi connectivity index (χ1v) is 7.79. The van der Waals surface area contributed by atoms with E-state index in [1.54, 1.807) is 12.1 Å². The molecule has 0 unspecified atom stereocenters. The summed E-state index contributed by atoms with van der Waals surface area (Å²) in [5.41, 5.74) is 1.98. The highest BCUT2D eigenvalue weighted by Gasteiger charge is 2.12. The highest BCUT2D eigenvalue weighted by Crippen LogP contribution is 2.22. The van der Waals surface area contributed by atoms with Crippen molar-refractivity contribution in [2.24, 2.45) is 0 Å². The van der Waals surface area contributed by atoms with Crippen LogP contribution in [-0.2, 0) is 0 Å². The lowest BCUT2D eigenvalue weighted by Gasteiger charge is -2.12. The van der Waals surface area contributed by atoms with Crippen molar-refractivity contribution in [1.82, 2.24) is 0 Å². The second kappa shape index (κ2) is 7.40. The van der Waals surface area contributed by atoms with E-state index >= 15 is 0 Å². The minimum absolute atomic E-state index is 0.210. The van der Waals surface area contributed by atoms with Gasteiger partial charge in [-0.15, -0.1) is 0 Å². The maximum absolute atomic E-state index is 13.1. The van der Waals surface area contributed by atoms with Crippen molar-refractivity contribution in [2.45, 2.75) is 13.3 Å². The topological polar surface area (TPSA) is 41.1 Å². The molecule has 0 spiro atoms. The summed E-state index contributed by atoms with van der Waals surface area (Å²) in [4.78, 5) is 12.4. The zero-order valence-corrected chi connectivity index (χ0v) is 13.8. The summed E-state index contributed by atoms with van der Waals surface area (Å²) in [5.74, 6) is -0.527. The van der Waals surface area contributed by atoms with Gasteiger partial charge in [0.05, 0.1) is 11.3 Å². The van der Waals surface area contributed by atoms with Crippen LogP contribution < -0.4 is 10.6 Å². The fourth-order valence-corrected chi connectivity index (χ4v) is 2.49. The third-order valence-corrected chi connectivity index (χ3v) is 3.81. The Morgan fingerprint density at radius 1 is 1.19 bits per heavy atom. The SMILES string of the molecule is CCCNc1ccccc1C(=O)Nc1ccc(F)cc1I. The molecule has 0 bridgehead atoms. The van der Waals surface area contributed by atoms with E-state index < -0.39 is 0 Å². The maximum atomic E-state index is 13.1. The molecule has 0 fully saturated rings. The second-order valence-corrected chi connectivity index (χ2v) is 5.71. The van der Waals surface area contributed by atoms with E-state index in [4.69, 9.17) is 0 Å². The minimum atomic E-state index is -0.317. The van der Waals surface area contributed by atoms with E-state index in [-0.39, 0.29) is 11.7 Å². The number of anilines is 2. The summed E-state index contributed by atoms with van der Waals surface area (Å²) >= 11 is 2.00. The van der Waals surface area contributed by atoms with Gasteiger partial charge in [0.2, 0.25) is 0 Å². The van der Waals surface area contributed by atoms with Crippen LogP contribution in [0, 0.1) is 9.39 Å². The number of para-hydroxylation sites is 1. The Kier molecular flexibility index (Phi) is 5.55. The molecule has 5 heteroatoms. The predicted molar refractivity (Wildman–Crippen MR) is 92.3 cm³/mol. The van der Waals surface area contributed by atoms with Crippen molar-refractivity contribution >= 4 is 39.9 Å². The van der Waals surface area contributed by atoms with Crippen molar-refractivity contribution in [2.75, 3.05) is 17.2 Å².